The fourth-order valence-corrected chi connectivity index (χ4v) is 2.43. The van der Waals surface area contributed by atoms with Crippen molar-refractivity contribution in [1.29, 1.82) is 0 Å². The molecule has 1 amide bonds. The molecule has 0 saturated carbocycles. The number of nitrogens with one attached hydrogen (secondary N) is 1. The molecule has 17 heavy (non-hydrogen) atoms. The molecule has 4 heteroatoms. The van der Waals surface area contributed by atoms with Gasteiger partial charge in [-0.2, -0.15) is 0 Å². The van der Waals surface area contributed by atoms with Gasteiger partial charge in [-0.1, -0.05) is 23.7 Å². The third-order valence-corrected chi connectivity index (χ3v) is 3.46. The zero-order valence-electron chi connectivity index (χ0n) is 9.95. The van der Waals surface area contributed by atoms with Crippen LogP contribution in [-0.4, -0.2) is 30.4 Å². The molecule has 0 spiro atoms. The number of carbonyl (C=O) groups excluding carboxylic acids is 1. The molecular weight excluding hydrogens is 236 g/mol. The summed E-state index contributed by atoms with van der Waals surface area (Å²) < 4.78 is 0. The minimum Gasteiger partial charge on any atom is -0.358 e. The Bertz CT molecular complexity index is 391. The van der Waals surface area contributed by atoms with Crippen LogP contribution < -0.4 is 5.32 Å². The summed E-state index contributed by atoms with van der Waals surface area (Å²) in [6, 6.07) is 7.84. The van der Waals surface area contributed by atoms with Crippen LogP contribution >= 0.6 is 11.6 Å². The zero-order valence-corrected chi connectivity index (χ0v) is 10.7. The summed E-state index contributed by atoms with van der Waals surface area (Å²) in [7, 11) is 1.70. The van der Waals surface area contributed by atoms with Crippen LogP contribution in [0.5, 0.6) is 0 Å². The van der Waals surface area contributed by atoms with Crippen LogP contribution in [0.15, 0.2) is 24.3 Å². The molecule has 1 unspecified atom stereocenters. The predicted molar refractivity (Wildman–Crippen MR) is 69.0 cm³/mol. The summed E-state index contributed by atoms with van der Waals surface area (Å²) in [4.78, 5) is 13.9. The third-order valence-electron chi connectivity index (χ3n) is 3.21. The van der Waals surface area contributed by atoms with Gasteiger partial charge >= 0.3 is 0 Å². The van der Waals surface area contributed by atoms with E-state index < -0.39 is 0 Å². The second kappa shape index (κ2) is 5.52. The van der Waals surface area contributed by atoms with Crippen LogP contribution in [0.4, 0.5) is 0 Å². The molecule has 1 heterocycles. The zero-order chi connectivity index (χ0) is 12.3. The Labute approximate surface area is 107 Å². The van der Waals surface area contributed by atoms with Crippen molar-refractivity contribution >= 4 is 17.5 Å². The molecule has 0 bridgehead atoms. The molecule has 0 aromatic heterocycles. The van der Waals surface area contributed by atoms with Crippen molar-refractivity contribution in [1.82, 2.24) is 10.2 Å². The number of benzene rings is 1. The Morgan fingerprint density at radius 1 is 1.47 bits per heavy atom. The van der Waals surface area contributed by atoms with Gasteiger partial charge in [-0.15, -0.1) is 0 Å². The number of amides is 1. The van der Waals surface area contributed by atoms with Crippen molar-refractivity contribution in [2.75, 3.05) is 13.6 Å². The molecule has 1 saturated heterocycles. The Morgan fingerprint density at radius 3 is 2.82 bits per heavy atom. The molecule has 92 valence electrons. The van der Waals surface area contributed by atoms with Gasteiger partial charge in [0.25, 0.3) is 0 Å². The summed E-state index contributed by atoms with van der Waals surface area (Å²) in [5, 5.41) is 3.48. The Balaban J connectivity index is 2.02. The lowest BCUT2D eigenvalue weighted by Crippen LogP contribution is -2.41. The topological polar surface area (TPSA) is 32.3 Å². The molecule has 1 aliphatic heterocycles. The normalized spacial score (nSPS) is 20.5. The molecule has 0 radical (unpaired) electrons. The molecule has 1 N–H and O–H groups in total. The molecule has 3 nitrogen and oxygen atoms in total. The van der Waals surface area contributed by atoms with Gasteiger partial charge in [-0.3, -0.25) is 9.69 Å². The van der Waals surface area contributed by atoms with Crippen LogP contribution in [0.2, 0.25) is 5.02 Å². The van der Waals surface area contributed by atoms with E-state index in [1.165, 1.54) is 5.56 Å². The molecule has 0 aliphatic carbocycles. The minimum atomic E-state index is 0.0238. The van der Waals surface area contributed by atoms with Crippen molar-refractivity contribution in [3.05, 3.63) is 34.9 Å². The van der Waals surface area contributed by atoms with E-state index in [-0.39, 0.29) is 11.9 Å². The standard InChI is InChI=1S/C13H17ClN2O/c1-15-13(17)12-3-2-8-16(12)9-10-4-6-11(14)7-5-10/h4-7,12H,2-3,8-9H2,1H3,(H,15,17). The predicted octanol–water partition coefficient (Wildman–Crippen LogP) is 2.05. The van der Waals surface area contributed by atoms with Crippen molar-refractivity contribution < 1.29 is 4.79 Å². The van der Waals surface area contributed by atoms with Crippen molar-refractivity contribution in [2.24, 2.45) is 0 Å². The highest BCUT2D eigenvalue weighted by molar-refractivity contribution is 6.30. The summed E-state index contributed by atoms with van der Waals surface area (Å²) >= 11 is 5.85. The van der Waals surface area contributed by atoms with Gasteiger partial charge in [0.15, 0.2) is 0 Å². The number of hydrogen-bond acceptors (Lipinski definition) is 2. The summed E-state index contributed by atoms with van der Waals surface area (Å²) in [6.07, 6.45) is 2.04. The highest BCUT2D eigenvalue weighted by Crippen LogP contribution is 2.20. The first kappa shape index (κ1) is 12.4. The Morgan fingerprint density at radius 2 is 2.18 bits per heavy atom. The van der Waals surface area contributed by atoms with E-state index in [4.69, 9.17) is 11.6 Å². The number of rotatable bonds is 3. The highest BCUT2D eigenvalue weighted by Gasteiger charge is 2.29. The lowest BCUT2D eigenvalue weighted by Gasteiger charge is -2.23. The van der Waals surface area contributed by atoms with Gasteiger partial charge < -0.3 is 5.32 Å². The quantitative estimate of drug-likeness (QED) is 0.893. The van der Waals surface area contributed by atoms with E-state index in [1.807, 2.05) is 24.3 Å². The average Bonchev–Trinajstić information content (AvgIpc) is 2.79. The third kappa shape index (κ3) is 2.99. The number of nitrogens with zero attached hydrogens (tertiary/aromatic N) is 1. The van der Waals surface area contributed by atoms with Crippen molar-refractivity contribution in [3.63, 3.8) is 0 Å². The van der Waals surface area contributed by atoms with Crippen LogP contribution in [0, 0.1) is 0 Å². The van der Waals surface area contributed by atoms with E-state index >= 15 is 0 Å². The number of hydrogen-bond donors (Lipinski definition) is 1. The van der Waals surface area contributed by atoms with Crippen LogP contribution in [0.1, 0.15) is 18.4 Å². The first-order chi connectivity index (χ1) is 8.20. The monoisotopic (exact) mass is 252 g/mol. The second-order valence-electron chi connectivity index (χ2n) is 4.37. The molecule has 1 fully saturated rings. The van der Waals surface area contributed by atoms with Gasteiger partial charge in [0, 0.05) is 18.6 Å². The van der Waals surface area contributed by atoms with E-state index in [1.54, 1.807) is 7.05 Å². The molecule has 1 aromatic carbocycles. The minimum absolute atomic E-state index is 0.0238. The second-order valence-corrected chi connectivity index (χ2v) is 4.81. The maximum absolute atomic E-state index is 11.7. The highest BCUT2D eigenvalue weighted by atomic mass is 35.5. The maximum Gasteiger partial charge on any atom is 0.237 e. The average molecular weight is 253 g/mol. The van der Waals surface area contributed by atoms with Gasteiger partial charge in [0.2, 0.25) is 5.91 Å². The van der Waals surface area contributed by atoms with Crippen molar-refractivity contribution in [3.8, 4) is 0 Å². The Hall–Kier alpha value is -1.06. The lowest BCUT2D eigenvalue weighted by molar-refractivity contribution is -0.125. The smallest absolute Gasteiger partial charge is 0.237 e. The van der Waals surface area contributed by atoms with Gasteiger partial charge in [-0.25, -0.2) is 0 Å². The molecule has 2 rings (SSSR count). The Kier molecular flexibility index (Phi) is 4.02. The number of carbonyl (C=O) groups is 1. The van der Waals surface area contributed by atoms with E-state index in [9.17, 15) is 4.79 Å². The van der Waals surface area contributed by atoms with Crippen LogP contribution in [0.3, 0.4) is 0 Å². The fraction of sp³-hybridized carbons (Fsp3) is 0.462. The van der Waals surface area contributed by atoms with Crippen LogP contribution in [-0.2, 0) is 11.3 Å². The first-order valence-corrected chi connectivity index (χ1v) is 6.28. The van der Waals surface area contributed by atoms with Crippen molar-refractivity contribution in [2.45, 2.75) is 25.4 Å². The lowest BCUT2D eigenvalue weighted by atomic mass is 10.1. The molecule has 1 aromatic rings. The molecule has 1 atom stereocenters. The van der Waals surface area contributed by atoms with Gasteiger partial charge in [-0.05, 0) is 37.1 Å². The first-order valence-electron chi connectivity index (χ1n) is 5.91. The van der Waals surface area contributed by atoms with Crippen LogP contribution in [0.25, 0.3) is 0 Å². The van der Waals surface area contributed by atoms with Gasteiger partial charge in [0.05, 0.1) is 6.04 Å². The number of halogens is 1. The number of likely N-dealkylation sites (tertiary alicyclic amines) is 1. The fourth-order valence-electron chi connectivity index (χ4n) is 2.30. The molecular formula is C13H17ClN2O. The largest absolute Gasteiger partial charge is 0.358 e. The summed E-state index contributed by atoms with van der Waals surface area (Å²) in [5.41, 5.74) is 1.20. The summed E-state index contributed by atoms with van der Waals surface area (Å²) in [6.45, 7) is 1.80. The SMILES string of the molecule is CNC(=O)C1CCCN1Cc1ccc(Cl)cc1. The van der Waals surface area contributed by atoms with E-state index in [0.717, 1.165) is 31.0 Å². The number of likely N-dealkylation sites (N-methyl/N-ethyl adjacent to an activating group) is 1. The summed E-state index contributed by atoms with van der Waals surface area (Å²) in [5.74, 6) is 0.122. The molecule has 1 aliphatic rings. The maximum atomic E-state index is 11.7. The van der Waals surface area contributed by atoms with Gasteiger partial charge in [0.1, 0.15) is 0 Å². The van der Waals surface area contributed by atoms with E-state index in [0.29, 0.717) is 0 Å². The van der Waals surface area contributed by atoms with E-state index in [2.05, 4.69) is 10.2 Å².